The minimum atomic E-state index is 0.0198. The van der Waals surface area contributed by atoms with Gasteiger partial charge in [-0.2, -0.15) is 0 Å². The zero-order chi connectivity index (χ0) is 15.0. The zero-order valence-electron chi connectivity index (χ0n) is 12.9. The maximum absolute atomic E-state index is 12.0. The molecule has 2 aromatic rings. The first-order valence-corrected chi connectivity index (χ1v) is 7.60. The second-order valence-electron chi connectivity index (χ2n) is 5.81. The summed E-state index contributed by atoms with van der Waals surface area (Å²) in [4.78, 5) is 12.0. The lowest BCUT2D eigenvalue weighted by atomic mass is 9.92. The van der Waals surface area contributed by atoms with Crippen LogP contribution in [-0.4, -0.2) is 28.9 Å². The molecule has 114 valence electrons. The second kappa shape index (κ2) is 5.66. The third-order valence-electron chi connectivity index (χ3n) is 4.52. The van der Waals surface area contributed by atoms with Crippen molar-refractivity contribution in [2.45, 2.75) is 19.4 Å². The number of fused-ring (bicyclic) bond motifs is 1. The quantitative estimate of drug-likeness (QED) is 0.929. The van der Waals surface area contributed by atoms with Crippen LogP contribution in [0.3, 0.4) is 0 Å². The van der Waals surface area contributed by atoms with Crippen LogP contribution in [0.25, 0.3) is 11.0 Å². The molecule has 1 N–H and O–H groups in total. The van der Waals surface area contributed by atoms with Gasteiger partial charge in [-0.3, -0.25) is 9.13 Å². The number of ether oxygens (including phenoxy) is 1. The van der Waals surface area contributed by atoms with Gasteiger partial charge < -0.3 is 10.1 Å². The fraction of sp³-hybridized carbons (Fsp3) is 0.562. The molecule has 0 amide bonds. The molecule has 0 saturated carbocycles. The van der Waals surface area contributed by atoms with Crippen molar-refractivity contribution in [2.24, 2.45) is 20.0 Å². The van der Waals surface area contributed by atoms with E-state index in [0.717, 1.165) is 37.2 Å². The van der Waals surface area contributed by atoms with Crippen LogP contribution in [0.15, 0.2) is 23.0 Å². The van der Waals surface area contributed by atoms with Gasteiger partial charge in [0.05, 0.1) is 17.6 Å². The number of hydrogen-bond acceptors (Lipinski definition) is 3. The molecule has 1 saturated heterocycles. The summed E-state index contributed by atoms with van der Waals surface area (Å²) in [5.74, 6) is 0.503. The van der Waals surface area contributed by atoms with E-state index in [1.807, 2.05) is 20.2 Å². The predicted octanol–water partition coefficient (Wildman–Crippen LogP) is 1.56. The zero-order valence-corrected chi connectivity index (χ0v) is 12.9. The van der Waals surface area contributed by atoms with Gasteiger partial charge in [0, 0.05) is 32.7 Å². The number of imidazole rings is 1. The van der Waals surface area contributed by atoms with Gasteiger partial charge in [0.2, 0.25) is 0 Å². The number of nitrogens with zero attached hydrogens (tertiary/aromatic N) is 2. The van der Waals surface area contributed by atoms with Crippen molar-refractivity contribution < 1.29 is 4.74 Å². The second-order valence-corrected chi connectivity index (χ2v) is 5.81. The maximum Gasteiger partial charge on any atom is 0.328 e. The van der Waals surface area contributed by atoms with Crippen LogP contribution < -0.4 is 11.0 Å². The van der Waals surface area contributed by atoms with E-state index >= 15 is 0 Å². The average molecular weight is 289 g/mol. The van der Waals surface area contributed by atoms with Gasteiger partial charge in [-0.25, -0.2) is 4.79 Å². The molecule has 1 fully saturated rings. The molecule has 1 aliphatic heterocycles. The van der Waals surface area contributed by atoms with Crippen molar-refractivity contribution in [3.8, 4) is 0 Å². The van der Waals surface area contributed by atoms with Crippen molar-refractivity contribution in [3.05, 3.63) is 34.2 Å². The summed E-state index contributed by atoms with van der Waals surface area (Å²) in [6.45, 7) is 4.70. The van der Waals surface area contributed by atoms with Crippen molar-refractivity contribution in [1.82, 2.24) is 14.5 Å². The molecule has 3 rings (SSSR count). The lowest BCUT2D eigenvalue weighted by Gasteiger charge is -2.24. The largest absolute Gasteiger partial charge is 0.381 e. The van der Waals surface area contributed by atoms with Gasteiger partial charge >= 0.3 is 5.69 Å². The molecule has 0 radical (unpaired) electrons. The van der Waals surface area contributed by atoms with Crippen LogP contribution >= 0.6 is 0 Å². The van der Waals surface area contributed by atoms with Crippen LogP contribution in [0.5, 0.6) is 0 Å². The smallest absolute Gasteiger partial charge is 0.328 e. The predicted molar refractivity (Wildman–Crippen MR) is 83.5 cm³/mol. The van der Waals surface area contributed by atoms with Crippen molar-refractivity contribution in [3.63, 3.8) is 0 Å². The number of benzene rings is 1. The first-order valence-electron chi connectivity index (χ1n) is 7.60. The van der Waals surface area contributed by atoms with E-state index in [2.05, 4.69) is 24.4 Å². The normalized spacial score (nSPS) is 20.2. The highest BCUT2D eigenvalue weighted by molar-refractivity contribution is 5.77. The maximum atomic E-state index is 12.0. The van der Waals surface area contributed by atoms with E-state index in [1.54, 1.807) is 9.13 Å². The molecule has 2 heterocycles. The molecule has 5 nitrogen and oxygen atoms in total. The van der Waals surface area contributed by atoms with Crippen LogP contribution in [0.2, 0.25) is 0 Å². The molecular formula is C16H23N3O2. The first-order chi connectivity index (χ1) is 10.1. The van der Waals surface area contributed by atoms with E-state index < -0.39 is 0 Å². The molecule has 2 atom stereocenters. The van der Waals surface area contributed by atoms with Gasteiger partial charge in [0.15, 0.2) is 0 Å². The molecule has 0 spiro atoms. The van der Waals surface area contributed by atoms with E-state index in [9.17, 15) is 4.79 Å². The van der Waals surface area contributed by atoms with E-state index in [4.69, 9.17) is 4.74 Å². The Morgan fingerprint density at radius 3 is 2.76 bits per heavy atom. The summed E-state index contributed by atoms with van der Waals surface area (Å²) in [5.41, 5.74) is 3.22. The standard InChI is InChI=1S/C16H23N3O2/c1-4-17-15(12-7-8-21-10-12)11-5-6-13-14(9-11)19(3)16(20)18(13)2/h5-6,9,12,15,17H,4,7-8,10H2,1-3H3. The summed E-state index contributed by atoms with van der Waals surface area (Å²) in [6.07, 6.45) is 1.09. The van der Waals surface area contributed by atoms with Crippen molar-refractivity contribution in [2.75, 3.05) is 19.8 Å². The van der Waals surface area contributed by atoms with Crippen LogP contribution in [0.4, 0.5) is 0 Å². The molecule has 0 bridgehead atoms. The monoisotopic (exact) mass is 289 g/mol. The summed E-state index contributed by atoms with van der Waals surface area (Å²) in [5, 5.41) is 3.57. The lowest BCUT2D eigenvalue weighted by Crippen LogP contribution is -2.28. The Labute approximate surface area is 124 Å². The van der Waals surface area contributed by atoms with E-state index in [1.165, 1.54) is 5.56 Å². The number of aromatic nitrogens is 2. The highest BCUT2D eigenvalue weighted by atomic mass is 16.5. The average Bonchev–Trinajstić information content (AvgIpc) is 3.09. The van der Waals surface area contributed by atoms with Gasteiger partial charge in [-0.15, -0.1) is 0 Å². The molecule has 1 aromatic heterocycles. The van der Waals surface area contributed by atoms with E-state index in [0.29, 0.717) is 5.92 Å². The first kappa shape index (κ1) is 14.4. The van der Waals surface area contributed by atoms with Gasteiger partial charge in [0.1, 0.15) is 0 Å². The van der Waals surface area contributed by atoms with Crippen LogP contribution in [0, 0.1) is 5.92 Å². The van der Waals surface area contributed by atoms with Gasteiger partial charge in [-0.05, 0) is 30.7 Å². The van der Waals surface area contributed by atoms with Gasteiger partial charge in [-0.1, -0.05) is 13.0 Å². The SMILES string of the molecule is CCNC(c1ccc2c(c1)n(C)c(=O)n2C)C1CCOC1. The fourth-order valence-corrected chi connectivity index (χ4v) is 3.31. The summed E-state index contributed by atoms with van der Waals surface area (Å²) in [6, 6.07) is 6.61. The Morgan fingerprint density at radius 1 is 1.33 bits per heavy atom. The minimum absolute atomic E-state index is 0.0198. The molecule has 1 aromatic carbocycles. The minimum Gasteiger partial charge on any atom is -0.381 e. The lowest BCUT2D eigenvalue weighted by molar-refractivity contribution is 0.177. The fourth-order valence-electron chi connectivity index (χ4n) is 3.31. The Hall–Kier alpha value is -1.59. The van der Waals surface area contributed by atoms with Crippen molar-refractivity contribution >= 4 is 11.0 Å². The third-order valence-corrected chi connectivity index (χ3v) is 4.52. The molecule has 5 heteroatoms. The molecule has 0 aliphatic carbocycles. The number of rotatable bonds is 4. The Bertz CT molecular complexity index is 695. The Kier molecular flexibility index (Phi) is 3.87. The van der Waals surface area contributed by atoms with Crippen LogP contribution in [0.1, 0.15) is 24.9 Å². The number of aryl methyl sites for hydroxylation is 2. The third kappa shape index (κ3) is 2.40. The topological polar surface area (TPSA) is 48.2 Å². The molecule has 21 heavy (non-hydrogen) atoms. The highest BCUT2D eigenvalue weighted by Gasteiger charge is 2.27. The van der Waals surface area contributed by atoms with Crippen molar-refractivity contribution in [1.29, 1.82) is 0 Å². The van der Waals surface area contributed by atoms with Gasteiger partial charge in [0.25, 0.3) is 0 Å². The van der Waals surface area contributed by atoms with E-state index in [-0.39, 0.29) is 11.7 Å². The molecular weight excluding hydrogens is 266 g/mol. The molecule has 1 aliphatic rings. The number of hydrogen-bond donors (Lipinski definition) is 1. The summed E-state index contributed by atoms with van der Waals surface area (Å²) in [7, 11) is 3.65. The Balaban J connectivity index is 2.05. The molecule has 2 unspecified atom stereocenters. The van der Waals surface area contributed by atoms with Crippen LogP contribution in [-0.2, 0) is 18.8 Å². The summed E-state index contributed by atoms with van der Waals surface area (Å²) >= 11 is 0. The number of nitrogens with one attached hydrogen (secondary N) is 1. The Morgan fingerprint density at radius 2 is 2.10 bits per heavy atom. The summed E-state index contributed by atoms with van der Waals surface area (Å²) < 4.78 is 8.95. The highest BCUT2D eigenvalue weighted by Crippen LogP contribution is 2.30.